The van der Waals surface area contributed by atoms with Crippen LogP contribution in [-0.4, -0.2) is 33.3 Å². The molecule has 76 valence electrons. The molecular formula is C8H16N2O2S. The first-order valence-electron chi connectivity index (χ1n) is 4.83. The molecule has 2 bridgehead atoms. The third kappa shape index (κ3) is 1.73. The van der Waals surface area contributed by atoms with E-state index in [1.165, 1.54) is 6.42 Å². The van der Waals surface area contributed by atoms with Crippen molar-refractivity contribution in [3.63, 3.8) is 0 Å². The Bertz CT molecular complexity index is 275. The fourth-order valence-corrected chi connectivity index (χ4v) is 3.20. The van der Waals surface area contributed by atoms with Crippen LogP contribution in [0.5, 0.6) is 0 Å². The molecule has 0 amide bonds. The summed E-state index contributed by atoms with van der Waals surface area (Å²) in [5.74, 6) is 1.25. The molecule has 2 aliphatic heterocycles. The molecule has 0 aromatic heterocycles. The Balaban J connectivity index is 1.97. The summed E-state index contributed by atoms with van der Waals surface area (Å²) in [6.07, 6.45) is 1.18. The summed E-state index contributed by atoms with van der Waals surface area (Å²) >= 11 is 0. The number of hydrogen-bond acceptors (Lipinski definition) is 3. The Hall–Kier alpha value is -0.130. The van der Waals surface area contributed by atoms with Gasteiger partial charge in [0.2, 0.25) is 10.0 Å². The Morgan fingerprint density at radius 1 is 1.38 bits per heavy atom. The van der Waals surface area contributed by atoms with Crippen molar-refractivity contribution in [3.8, 4) is 0 Å². The molecule has 1 saturated carbocycles. The summed E-state index contributed by atoms with van der Waals surface area (Å²) in [5.41, 5.74) is 0. The topological polar surface area (TPSA) is 58.2 Å². The van der Waals surface area contributed by atoms with Crippen LogP contribution in [0.3, 0.4) is 0 Å². The van der Waals surface area contributed by atoms with E-state index in [0.717, 1.165) is 13.1 Å². The molecule has 13 heavy (non-hydrogen) atoms. The van der Waals surface area contributed by atoms with Gasteiger partial charge in [-0.05, 0) is 38.3 Å². The number of piperidine rings is 2. The highest BCUT2D eigenvalue weighted by Gasteiger charge is 2.44. The highest BCUT2D eigenvalue weighted by molar-refractivity contribution is 7.89. The highest BCUT2D eigenvalue weighted by atomic mass is 32.2. The summed E-state index contributed by atoms with van der Waals surface area (Å²) in [7, 11) is -3.00. The SMILES string of the molecule is CCS(=O)(=O)NC1C2CNCC1C2. The molecule has 0 spiro atoms. The molecule has 3 aliphatic rings. The highest BCUT2D eigenvalue weighted by Crippen LogP contribution is 2.36. The van der Waals surface area contributed by atoms with E-state index in [1.807, 2.05) is 0 Å². The zero-order chi connectivity index (χ0) is 9.47. The van der Waals surface area contributed by atoms with Gasteiger partial charge in [-0.1, -0.05) is 0 Å². The molecule has 3 fully saturated rings. The largest absolute Gasteiger partial charge is 0.316 e. The number of rotatable bonds is 3. The predicted octanol–water partition coefficient (Wildman–Crippen LogP) is -0.466. The predicted molar refractivity (Wildman–Crippen MR) is 50.9 cm³/mol. The minimum atomic E-state index is -3.00. The minimum absolute atomic E-state index is 0.191. The van der Waals surface area contributed by atoms with E-state index in [-0.39, 0.29) is 11.8 Å². The zero-order valence-electron chi connectivity index (χ0n) is 7.79. The third-order valence-electron chi connectivity index (χ3n) is 3.13. The fourth-order valence-electron chi connectivity index (χ4n) is 2.23. The van der Waals surface area contributed by atoms with Crippen LogP contribution >= 0.6 is 0 Å². The van der Waals surface area contributed by atoms with Gasteiger partial charge in [0.15, 0.2) is 0 Å². The first-order chi connectivity index (χ1) is 6.12. The monoisotopic (exact) mass is 204 g/mol. The van der Waals surface area contributed by atoms with Crippen LogP contribution in [0.1, 0.15) is 13.3 Å². The average Bonchev–Trinajstić information content (AvgIpc) is 2.16. The molecule has 0 radical (unpaired) electrons. The van der Waals surface area contributed by atoms with Crippen molar-refractivity contribution in [2.24, 2.45) is 11.8 Å². The van der Waals surface area contributed by atoms with Gasteiger partial charge in [0.1, 0.15) is 0 Å². The van der Waals surface area contributed by atoms with E-state index in [1.54, 1.807) is 6.92 Å². The van der Waals surface area contributed by atoms with Crippen molar-refractivity contribution in [2.75, 3.05) is 18.8 Å². The lowest BCUT2D eigenvalue weighted by Crippen LogP contribution is -2.63. The molecule has 3 rings (SSSR count). The van der Waals surface area contributed by atoms with Crippen molar-refractivity contribution in [2.45, 2.75) is 19.4 Å². The van der Waals surface area contributed by atoms with Gasteiger partial charge in [-0.3, -0.25) is 0 Å². The first kappa shape index (κ1) is 9.43. The molecule has 1 aliphatic carbocycles. The Morgan fingerprint density at radius 2 is 2.00 bits per heavy atom. The van der Waals surface area contributed by atoms with Gasteiger partial charge in [0.05, 0.1) is 5.75 Å². The maximum absolute atomic E-state index is 11.3. The molecular weight excluding hydrogens is 188 g/mol. The van der Waals surface area contributed by atoms with Crippen molar-refractivity contribution in [1.29, 1.82) is 0 Å². The van der Waals surface area contributed by atoms with E-state index in [4.69, 9.17) is 0 Å². The van der Waals surface area contributed by atoms with Gasteiger partial charge >= 0.3 is 0 Å². The van der Waals surface area contributed by atoms with Crippen LogP contribution in [-0.2, 0) is 10.0 Å². The molecule has 2 atom stereocenters. The minimum Gasteiger partial charge on any atom is -0.316 e. The lowest BCUT2D eigenvalue weighted by molar-refractivity contribution is 0.0835. The van der Waals surface area contributed by atoms with Gasteiger partial charge in [-0.15, -0.1) is 0 Å². The molecule has 4 nitrogen and oxygen atoms in total. The third-order valence-corrected chi connectivity index (χ3v) is 4.52. The molecule has 2 heterocycles. The van der Waals surface area contributed by atoms with E-state index in [9.17, 15) is 8.42 Å². The van der Waals surface area contributed by atoms with Crippen LogP contribution < -0.4 is 10.0 Å². The summed E-state index contributed by atoms with van der Waals surface area (Å²) in [6, 6.07) is 0.214. The molecule has 5 heteroatoms. The summed E-state index contributed by atoms with van der Waals surface area (Å²) in [5, 5.41) is 3.28. The van der Waals surface area contributed by atoms with Crippen LogP contribution in [0.2, 0.25) is 0 Å². The van der Waals surface area contributed by atoms with Gasteiger partial charge < -0.3 is 5.32 Å². The first-order valence-corrected chi connectivity index (χ1v) is 6.48. The lowest BCUT2D eigenvalue weighted by Gasteiger charge is -2.49. The van der Waals surface area contributed by atoms with Crippen molar-refractivity contribution in [3.05, 3.63) is 0 Å². The number of fused-ring (bicyclic) bond motifs is 2. The fraction of sp³-hybridized carbons (Fsp3) is 1.00. The number of nitrogens with one attached hydrogen (secondary N) is 2. The Kier molecular flexibility index (Phi) is 2.33. The molecule has 0 aromatic rings. The summed E-state index contributed by atoms with van der Waals surface area (Å²) in [4.78, 5) is 0. The van der Waals surface area contributed by atoms with Crippen LogP contribution in [0, 0.1) is 11.8 Å². The van der Waals surface area contributed by atoms with Crippen molar-refractivity contribution in [1.82, 2.24) is 10.0 Å². The van der Waals surface area contributed by atoms with Gasteiger partial charge in [-0.25, -0.2) is 13.1 Å². The van der Waals surface area contributed by atoms with E-state index in [2.05, 4.69) is 10.0 Å². The molecule has 0 aromatic carbocycles. The van der Waals surface area contributed by atoms with Crippen molar-refractivity contribution < 1.29 is 8.42 Å². The summed E-state index contributed by atoms with van der Waals surface area (Å²) in [6.45, 7) is 3.61. The van der Waals surface area contributed by atoms with Gasteiger partial charge in [0, 0.05) is 6.04 Å². The number of sulfonamides is 1. The van der Waals surface area contributed by atoms with E-state index in [0.29, 0.717) is 11.8 Å². The quantitative estimate of drug-likeness (QED) is 0.653. The molecule has 2 saturated heterocycles. The standard InChI is InChI=1S/C8H16N2O2S/c1-2-13(11,12)10-8-6-3-7(8)5-9-4-6/h6-10H,2-5H2,1H3. The van der Waals surface area contributed by atoms with Crippen LogP contribution in [0.25, 0.3) is 0 Å². The second-order valence-electron chi connectivity index (χ2n) is 3.96. The second kappa shape index (κ2) is 3.22. The second-order valence-corrected chi connectivity index (χ2v) is 6.00. The molecule has 2 N–H and O–H groups in total. The molecule has 2 unspecified atom stereocenters. The smallest absolute Gasteiger partial charge is 0.211 e. The maximum Gasteiger partial charge on any atom is 0.211 e. The maximum atomic E-state index is 11.3. The van der Waals surface area contributed by atoms with Crippen LogP contribution in [0.4, 0.5) is 0 Å². The van der Waals surface area contributed by atoms with E-state index >= 15 is 0 Å². The zero-order valence-corrected chi connectivity index (χ0v) is 8.60. The summed E-state index contributed by atoms with van der Waals surface area (Å²) < 4.78 is 25.4. The van der Waals surface area contributed by atoms with Gasteiger partial charge in [0.25, 0.3) is 0 Å². The lowest BCUT2D eigenvalue weighted by atomic mass is 9.67. The van der Waals surface area contributed by atoms with Gasteiger partial charge in [-0.2, -0.15) is 0 Å². The van der Waals surface area contributed by atoms with E-state index < -0.39 is 10.0 Å². The Morgan fingerprint density at radius 3 is 2.46 bits per heavy atom. The normalized spacial score (nSPS) is 38.4. The van der Waals surface area contributed by atoms with Crippen molar-refractivity contribution >= 4 is 10.0 Å². The Labute approximate surface area is 79.1 Å². The number of hydrogen-bond donors (Lipinski definition) is 2. The van der Waals surface area contributed by atoms with Crippen LogP contribution in [0.15, 0.2) is 0 Å². The average molecular weight is 204 g/mol.